The van der Waals surface area contributed by atoms with Crippen LogP contribution in [0.1, 0.15) is 44.1 Å². The molecule has 0 radical (unpaired) electrons. The van der Waals surface area contributed by atoms with Gasteiger partial charge < -0.3 is 10.2 Å². The van der Waals surface area contributed by atoms with Crippen LogP contribution in [0.4, 0.5) is 5.69 Å². The van der Waals surface area contributed by atoms with Crippen molar-refractivity contribution in [2.75, 3.05) is 32.0 Å². The third-order valence-corrected chi connectivity index (χ3v) is 4.06. The average molecular weight is 246 g/mol. The number of likely N-dealkylation sites (tertiary alicyclic amines) is 1. The number of piperidine rings is 1. The van der Waals surface area contributed by atoms with Crippen LogP contribution in [-0.2, 0) is 0 Å². The normalized spacial score (nSPS) is 17.9. The Labute approximate surface area is 111 Å². The molecule has 18 heavy (non-hydrogen) atoms. The Hall–Kier alpha value is -1.02. The zero-order valence-electron chi connectivity index (χ0n) is 11.8. The van der Waals surface area contributed by atoms with Gasteiger partial charge in [-0.2, -0.15) is 0 Å². The first-order valence-corrected chi connectivity index (χ1v) is 7.33. The summed E-state index contributed by atoms with van der Waals surface area (Å²) in [4.78, 5) is 2.63. The standard InChI is InChI=1S/C16H26N2/c1-3-4-10-18-11-8-14(9-12-18)15-6-5-7-16(13-15)17-2/h5-7,13-14,17H,3-4,8-12H2,1-2H3. The molecule has 2 rings (SSSR count). The van der Waals surface area contributed by atoms with Crippen LogP contribution in [0.5, 0.6) is 0 Å². The van der Waals surface area contributed by atoms with Gasteiger partial charge in [-0.15, -0.1) is 0 Å². The Balaban J connectivity index is 1.88. The second kappa shape index (κ2) is 6.79. The van der Waals surface area contributed by atoms with Gasteiger partial charge in [-0.05, 0) is 62.5 Å². The monoisotopic (exact) mass is 246 g/mol. The first-order valence-electron chi connectivity index (χ1n) is 7.33. The van der Waals surface area contributed by atoms with E-state index in [0.717, 1.165) is 5.92 Å². The van der Waals surface area contributed by atoms with Crippen molar-refractivity contribution >= 4 is 5.69 Å². The maximum atomic E-state index is 3.23. The molecule has 1 aromatic carbocycles. The predicted octanol–water partition coefficient (Wildman–Crippen LogP) is 3.71. The van der Waals surface area contributed by atoms with Crippen molar-refractivity contribution in [3.05, 3.63) is 29.8 Å². The molecule has 2 heteroatoms. The molecule has 0 spiro atoms. The lowest BCUT2D eigenvalue weighted by atomic mass is 9.89. The minimum Gasteiger partial charge on any atom is -0.388 e. The van der Waals surface area contributed by atoms with Crippen LogP contribution in [0.15, 0.2) is 24.3 Å². The minimum absolute atomic E-state index is 0.760. The topological polar surface area (TPSA) is 15.3 Å². The SMILES string of the molecule is CCCCN1CCC(c2cccc(NC)c2)CC1. The largest absolute Gasteiger partial charge is 0.388 e. The first-order chi connectivity index (χ1) is 8.83. The zero-order chi connectivity index (χ0) is 12.8. The fourth-order valence-corrected chi connectivity index (χ4v) is 2.82. The summed E-state index contributed by atoms with van der Waals surface area (Å²) in [5.41, 5.74) is 2.75. The molecule has 1 saturated heterocycles. The highest BCUT2D eigenvalue weighted by Gasteiger charge is 2.20. The van der Waals surface area contributed by atoms with Gasteiger partial charge in [0.1, 0.15) is 0 Å². The number of nitrogens with zero attached hydrogens (tertiary/aromatic N) is 1. The lowest BCUT2D eigenvalue weighted by molar-refractivity contribution is 0.209. The van der Waals surface area contributed by atoms with Gasteiger partial charge in [-0.25, -0.2) is 0 Å². The van der Waals surface area contributed by atoms with E-state index < -0.39 is 0 Å². The van der Waals surface area contributed by atoms with E-state index in [4.69, 9.17) is 0 Å². The van der Waals surface area contributed by atoms with E-state index in [9.17, 15) is 0 Å². The summed E-state index contributed by atoms with van der Waals surface area (Å²) in [7, 11) is 1.99. The van der Waals surface area contributed by atoms with Crippen LogP contribution in [0.3, 0.4) is 0 Å². The van der Waals surface area contributed by atoms with Gasteiger partial charge in [0.25, 0.3) is 0 Å². The molecule has 0 saturated carbocycles. The molecular weight excluding hydrogens is 220 g/mol. The highest BCUT2D eigenvalue weighted by Crippen LogP contribution is 2.29. The highest BCUT2D eigenvalue weighted by molar-refractivity contribution is 5.46. The fraction of sp³-hybridized carbons (Fsp3) is 0.625. The maximum Gasteiger partial charge on any atom is 0.0340 e. The van der Waals surface area contributed by atoms with Crippen LogP contribution in [0.2, 0.25) is 0 Å². The first kappa shape index (κ1) is 13.4. The summed E-state index contributed by atoms with van der Waals surface area (Å²) in [5.74, 6) is 0.760. The van der Waals surface area contributed by atoms with Crippen LogP contribution in [-0.4, -0.2) is 31.6 Å². The predicted molar refractivity (Wildman–Crippen MR) is 79.3 cm³/mol. The van der Waals surface area contributed by atoms with E-state index in [1.54, 1.807) is 0 Å². The fourth-order valence-electron chi connectivity index (χ4n) is 2.82. The van der Waals surface area contributed by atoms with E-state index in [-0.39, 0.29) is 0 Å². The minimum atomic E-state index is 0.760. The van der Waals surface area contributed by atoms with Gasteiger partial charge in [0.2, 0.25) is 0 Å². The molecule has 1 aliphatic rings. The molecule has 0 aromatic heterocycles. The number of hydrogen-bond acceptors (Lipinski definition) is 2. The molecule has 1 heterocycles. The lowest BCUT2D eigenvalue weighted by Crippen LogP contribution is -2.33. The second-order valence-corrected chi connectivity index (χ2v) is 5.34. The van der Waals surface area contributed by atoms with Gasteiger partial charge >= 0.3 is 0 Å². The summed E-state index contributed by atoms with van der Waals surface area (Å²) in [5, 5.41) is 3.23. The third kappa shape index (κ3) is 3.49. The number of nitrogens with one attached hydrogen (secondary N) is 1. The molecule has 1 fully saturated rings. The smallest absolute Gasteiger partial charge is 0.0340 e. The van der Waals surface area contributed by atoms with E-state index in [1.807, 2.05) is 7.05 Å². The molecule has 0 atom stereocenters. The quantitative estimate of drug-likeness (QED) is 0.852. The van der Waals surface area contributed by atoms with Crippen molar-refractivity contribution in [2.24, 2.45) is 0 Å². The average Bonchev–Trinajstić information content (AvgIpc) is 2.46. The zero-order valence-corrected chi connectivity index (χ0v) is 11.8. The van der Waals surface area contributed by atoms with Gasteiger partial charge in [-0.1, -0.05) is 25.5 Å². The Kier molecular flexibility index (Phi) is 5.06. The molecule has 2 nitrogen and oxygen atoms in total. The van der Waals surface area contributed by atoms with Crippen molar-refractivity contribution < 1.29 is 0 Å². The highest BCUT2D eigenvalue weighted by atomic mass is 15.1. The number of anilines is 1. The van der Waals surface area contributed by atoms with Crippen molar-refractivity contribution in [3.8, 4) is 0 Å². The summed E-state index contributed by atoms with van der Waals surface area (Å²) in [6.07, 6.45) is 5.29. The Morgan fingerprint density at radius 2 is 2.06 bits per heavy atom. The molecule has 0 amide bonds. The second-order valence-electron chi connectivity index (χ2n) is 5.34. The number of benzene rings is 1. The van der Waals surface area contributed by atoms with E-state index >= 15 is 0 Å². The Bertz CT molecular complexity index is 354. The maximum absolute atomic E-state index is 3.23. The van der Waals surface area contributed by atoms with Gasteiger partial charge in [-0.3, -0.25) is 0 Å². The van der Waals surface area contributed by atoms with Crippen molar-refractivity contribution in [2.45, 2.75) is 38.5 Å². The van der Waals surface area contributed by atoms with E-state index in [2.05, 4.69) is 41.4 Å². The summed E-state index contributed by atoms with van der Waals surface area (Å²) < 4.78 is 0. The van der Waals surface area contributed by atoms with Crippen molar-refractivity contribution in [1.82, 2.24) is 4.90 Å². The third-order valence-electron chi connectivity index (χ3n) is 4.06. The molecule has 0 aliphatic carbocycles. The van der Waals surface area contributed by atoms with Crippen LogP contribution >= 0.6 is 0 Å². The molecule has 0 unspecified atom stereocenters. The van der Waals surface area contributed by atoms with Crippen LogP contribution in [0, 0.1) is 0 Å². The molecule has 1 N–H and O–H groups in total. The van der Waals surface area contributed by atoms with Crippen LogP contribution < -0.4 is 5.32 Å². The van der Waals surface area contributed by atoms with Crippen LogP contribution in [0.25, 0.3) is 0 Å². The Morgan fingerprint density at radius 3 is 2.72 bits per heavy atom. The summed E-state index contributed by atoms with van der Waals surface area (Å²) in [6, 6.07) is 8.91. The number of unbranched alkanes of at least 4 members (excludes halogenated alkanes) is 1. The molecule has 0 bridgehead atoms. The van der Waals surface area contributed by atoms with Crippen molar-refractivity contribution in [1.29, 1.82) is 0 Å². The van der Waals surface area contributed by atoms with E-state index in [1.165, 1.54) is 56.6 Å². The lowest BCUT2D eigenvalue weighted by Gasteiger charge is -2.32. The van der Waals surface area contributed by atoms with Gasteiger partial charge in [0.05, 0.1) is 0 Å². The number of hydrogen-bond donors (Lipinski definition) is 1. The van der Waals surface area contributed by atoms with Gasteiger partial charge in [0.15, 0.2) is 0 Å². The Morgan fingerprint density at radius 1 is 1.28 bits per heavy atom. The molecule has 1 aromatic rings. The molecule has 1 aliphatic heterocycles. The number of rotatable bonds is 5. The summed E-state index contributed by atoms with van der Waals surface area (Å²) >= 11 is 0. The molecule has 100 valence electrons. The van der Waals surface area contributed by atoms with Gasteiger partial charge in [0, 0.05) is 12.7 Å². The van der Waals surface area contributed by atoms with Crippen molar-refractivity contribution in [3.63, 3.8) is 0 Å². The van der Waals surface area contributed by atoms with E-state index in [0.29, 0.717) is 0 Å². The molecular formula is C16H26N2. The summed E-state index contributed by atoms with van der Waals surface area (Å²) in [6.45, 7) is 6.11.